The van der Waals surface area contributed by atoms with Crippen molar-refractivity contribution in [1.82, 2.24) is 14.8 Å². The number of carbonyl (C=O) groups excluding carboxylic acids is 2. The van der Waals surface area contributed by atoms with Crippen LogP contribution in [0.15, 0.2) is 6.33 Å². The molecule has 5 unspecified atom stereocenters. The Hall–Kier alpha value is -2.28. The molecular formula is C16H24N4O12. The molecule has 9 atom stereocenters. The molecule has 3 heterocycles. The van der Waals surface area contributed by atoms with Gasteiger partial charge in [-0.15, -0.1) is 5.10 Å². The molecule has 0 spiro atoms. The summed E-state index contributed by atoms with van der Waals surface area (Å²) < 4.78 is 21.4. The molecule has 1 amide bonds. The molecule has 2 aliphatic heterocycles. The first-order valence-electron chi connectivity index (χ1n) is 9.44. The first-order valence-corrected chi connectivity index (χ1v) is 9.44. The van der Waals surface area contributed by atoms with E-state index in [4.69, 9.17) is 29.8 Å². The van der Waals surface area contributed by atoms with Crippen LogP contribution in [0.25, 0.3) is 0 Å². The Kier molecular flexibility index (Phi) is 7.70. The second-order valence-corrected chi connectivity index (χ2v) is 7.15. The molecule has 0 radical (unpaired) electrons. The van der Waals surface area contributed by atoms with Gasteiger partial charge in [-0.3, -0.25) is 4.79 Å². The van der Waals surface area contributed by atoms with Crippen LogP contribution in [0.3, 0.4) is 0 Å². The average Bonchev–Trinajstić information content (AvgIpc) is 3.36. The van der Waals surface area contributed by atoms with Crippen molar-refractivity contribution in [2.75, 3.05) is 19.8 Å². The number of aliphatic hydroxyl groups excluding tert-OH is 6. The summed E-state index contributed by atoms with van der Waals surface area (Å²) in [5, 5.41) is 62.4. The van der Waals surface area contributed by atoms with E-state index in [9.17, 15) is 35.1 Å². The first kappa shape index (κ1) is 24.4. The fourth-order valence-corrected chi connectivity index (χ4v) is 3.17. The lowest BCUT2D eigenvalue weighted by atomic mass is 9.99. The summed E-state index contributed by atoms with van der Waals surface area (Å²) in [7, 11) is 0. The average molecular weight is 464 g/mol. The van der Waals surface area contributed by atoms with E-state index < -0.39 is 86.9 Å². The van der Waals surface area contributed by atoms with Crippen molar-refractivity contribution in [1.29, 1.82) is 0 Å². The van der Waals surface area contributed by atoms with Crippen molar-refractivity contribution in [2.45, 2.75) is 55.2 Å². The minimum Gasteiger partial charge on any atom is -0.461 e. The SMILES string of the molecule is NC(=O)c1ncn([C@@H]2O[C@H](COC(=O)COC3OC(CO)C(O)C(O)C3O)[C@@H](O)[C@H]2O)n1. The number of aromatic nitrogens is 3. The number of ether oxygens (including phenoxy) is 4. The van der Waals surface area contributed by atoms with Gasteiger partial charge in [-0.2, -0.15) is 0 Å². The number of hydrogen-bond donors (Lipinski definition) is 7. The zero-order valence-corrected chi connectivity index (χ0v) is 16.4. The number of rotatable bonds is 8. The predicted molar refractivity (Wildman–Crippen MR) is 95.1 cm³/mol. The Bertz CT molecular complexity index is 806. The van der Waals surface area contributed by atoms with E-state index in [1.54, 1.807) is 0 Å². The summed E-state index contributed by atoms with van der Waals surface area (Å²) >= 11 is 0. The second kappa shape index (κ2) is 10.1. The summed E-state index contributed by atoms with van der Waals surface area (Å²) in [6.45, 7) is -1.91. The lowest BCUT2D eigenvalue weighted by Crippen LogP contribution is -2.59. The van der Waals surface area contributed by atoms with Crippen molar-refractivity contribution in [3.05, 3.63) is 12.2 Å². The van der Waals surface area contributed by atoms with Crippen LogP contribution >= 0.6 is 0 Å². The Labute approximate surface area is 179 Å². The van der Waals surface area contributed by atoms with Gasteiger partial charge in [-0.05, 0) is 0 Å². The minimum atomic E-state index is -1.69. The molecule has 16 heteroatoms. The lowest BCUT2D eigenvalue weighted by Gasteiger charge is -2.39. The predicted octanol–water partition coefficient (Wildman–Crippen LogP) is -5.64. The van der Waals surface area contributed by atoms with E-state index in [-0.39, 0.29) is 5.82 Å². The molecule has 0 aromatic carbocycles. The van der Waals surface area contributed by atoms with Gasteiger partial charge in [0.15, 0.2) is 12.5 Å². The number of hydrogen-bond acceptors (Lipinski definition) is 14. The van der Waals surface area contributed by atoms with Crippen LogP contribution in [0, 0.1) is 0 Å². The van der Waals surface area contributed by atoms with Crippen molar-refractivity contribution in [3.8, 4) is 0 Å². The maximum Gasteiger partial charge on any atom is 0.332 e. The van der Waals surface area contributed by atoms with Crippen LogP contribution in [0.1, 0.15) is 16.8 Å². The molecule has 3 rings (SSSR count). The Morgan fingerprint density at radius 2 is 1.72 bits per heavy atom. The van der Waals surface area contributed by atoms with Gasteiger partial charge in [0.05, 0.1) is 6.61 Å². The molecular weight excluding hydrogens is 440 g/mol. The molecule has 0 saturated carbocycles. The molecule has 2 fully saturated rings. The normalized spacial score (nSPS) is 37.4. The van der Waals surface area contributed by atoms with Gasteiger partial charge in [0.2, 0.25) is 5.82 Å². The van der Waals surface area contributed by atoms with Gasteiger partial charge < -0.3 is 55.3 Å². The zero-order chi connectivity index (χ0) is 23.6. The van der Waals surface area contributed by atoms with Crippen LogP contribution in [0.2, 0.25) is 0 Å². The quantitative estimate of drug-likeness (QED) is 0.177. The number of nitrogens with two attached hydrogens (primary N) is 1. The van der Waals surface area contributed by atoms with Crippen molar-refractivity contribution in [2.24, 2.45) is 5.73 Å². The van der Waals surface area contributed by atoms with E-state index in [1.807, 2.05) is 0 Å². The molecule has 0 bridgehead atoms. The number of nitrogens with zero attached hydrogens (tertiary/aromatic N) is 3. The van der Waals surface area contributed by atoms with Crippen molar-refractivity contribution in [3.63, 3.8) is 0 Å². The maximum atomic E-state index is 11.9. The van der Waals surface area contributed by atoms with E-state index in [0.29, 0.717) is 0 Å². The van der Waals surface area contributed by atoms with Crippen molar-refractivity contribution < 1.29 is 59.2 Å². The van der Waals surface area contributed by atoms with Crippen LogP contribution in [0.5, 0.6) is 0 Å². The number of carbonyl (C=O) groups is 2. The third-order valence-corrected chi connectivity index (χ3v) is 4.95. The highest BCUT2D eigenvalue weighted by atomic mass is 16.7. The fraction of sp³-hybridized carbons (Fsp3) is 0.750. The molecule has 1 aromatic rings. The molecule has 180 valence electrons. The van der Waals surface area contributed by atoms with Crippen LogP contribution in [-0.4, -0.2) is 126 Å². The molecule has 8 N–H and O–H groups in total. The smallest absolute Gasteiger partial charge is 0.332 e. The topological polar surface area (TPSA) is 249 Å². The van der Waals surface area contributed by atoms with Gasteiger partial charge in [0.1, 0.15) is 62.3 Å². The molecule has 1 aromatic heterocycles. The zero-order valence-electron chi connectivity index (χ0n) is 16.4. The van der Waals surface area contributed by atoms with Crippen LogP contribution in [0.4, 0.5) is 0 Å². The van der Waals surface area contributed by atoms with Gasteiger partial charge in [-0.25, -0.2) is 14.5 Å². The van der Waals surface area contributed by atoms with E-state index >= 15 is 0 Å². The van der Waals surface area contributed by atoms with E-state index in [0.717, 1.165) is 11.0 Å². The second-order valence-electron chi connectivity index (χ2n) is 7.15. The van der Waals surface area contributed by atoms with Gasteiger partial charge in [-0.1, -0.05) is 0 Å². The number of primary amides is 1. The summed E-state index contributed by atoms with van der Waals surface area (Å²) in [5.41, 5.74) is 5.05. The van der Waals surface area contributed by atoms with Crippen LogP contribution in [-0.2, 0) is 23.7 Å². The number of aliphatic hydroxyl groups is 6. The molecule has 0 aliphatic carbocycles. The highest BCUT2D eigenvalue weighted by Crippen LogP contribution is 2.29. The molecule has 16 nitrogen and oxygen atoms in total. The standard InChI is InChI=1S/C16H24N4O12/c17-13(28)14-18-4-20(19-14)15-11(26)9(24)6(31-15)2-29-7(22)3-30-16-12(27)10(25)8(23)5(1-21)32-16/h4-6,8-12,15-16,21,23-27H,1-3H2,(H2,17,28)/t5?,6-,8?,9-,10?,11-,12?,15-,16?/m1/s1. The molecule has 2 aliphatic rings. The Morgan fingerprint density at radius 3 is 2.34 bits per heavy atom. The van der Waals surface area contributed by atoms with E-state index in [2.05, 4.69) is 10.1 Å². The van der Waals surface area contributed by atoms with Crippen molar-refractivity contribution >= 4 is 11.9 Å². The largest absolute Gasteiger partial charge is 0.461 e. The van der Waals surface area contributed by atoms with Crippen LogP contribution < -0.4 is 5.73 Å². The van der Waals surface area contributed by atoms with Gasteiger partial charge in [0, 0.05) is 0 Å². The maximum absolute atomic E-state index is 11.9. The molecule has 32 heavy (non-hydrogen) atoms. The minimum absolute atomic E-state index is 0.324. The van der Waals surface area contributed by atoms with Gasteiger partial charge in [0.25, 0.3) is 5.91 Å². The third-order valence-electron chi connectivity index (χ3n) is 4.95. The summed E-state index contributed by atoms with van der Waals surface area (Å²) in [6.07, 6.45) is -11.9. The Morgan fingerprint density at radius 1 is 1.03 bits per heavy atom. The first-order chi connectivity index (χ1) is 15.1. The van der Waals surface area contributed by atoms with E-state index in [1.165, 1.54) is 0 Å². The molecule has 2 saturated heterocycles. The highest BCUT2D eigenvalue weighted by Gasteiger charge is 2.46. The summed E-state index contributed by atoms with van der Waals surface area (Å²) in [5.74, 6) is -2.19. The number of amides is 1. The highest BCUT2D eigenvalue weighted by molar-refractivity contribution is 5.88. The van der Waals surface area contributed by atoms with Gasteiger partial charge >= 0.3 is 5.97 Å². The summed E-state index contributed by atoms with van der Waals surface area (Å²) in [6, 6.07) is 0. The Balaban J connectivity index is 1.48. The monoisotopic (exact) mass is 464 g/mol. The number of esters is 1. The fourth-order valence-electron chi connectivity index (χ4n) is 3.17. The lowest BCUT2D eigenvalue weighted by molar-refractivity contribution is -0.300. The third kappa shape index (κ3) is 5.03. The summed E-state index contributed by atoms with van der Waals surface area (Å²) in [4.78, 5) is 26.7.